The fourth-order valence-electron chi connectivity index (χ4n) is 8.87. The number of nitrogens with zero attached hydrogens (tertiary/aromatic N) is 4. The molecule has 52 heavy (non-hydrogen) atoms. The smallest absolute Gasteiger partial charge is 0.138 e. The van der Waals surface area contributed by atoms with Crippen molar-refractivity contribution in [2.45, 2.75) is 0 Å². The number of para-hydroxylation sites is 2. The molecule has 4 nitrogen and oxygen atoms in total. The number of rotatable bonds is 3. The van der Waals surface area contributed by atoms with Gasteiger partial charge in [-0.25, -0.2) is 4.98 Å². The second kappa shape index (κ2) is 10.3. The van der Waals surface area contributed by atoms with Crippen LogP contribution in [0.4, 0.5) is 0 Å². The molecule has 4 aromatic heterocycles. The van der Waals surface area contributed by atoms with E-state index in [4.69, 9.17) is 4.98 Å². The number of benzene rings is 7. The van der Waals surface area contributed by atoms with E-state index in [2.05, 4.69) is 172 Å². The Morgan fingerprint density at radius 2 is 1.15 bits per heavy atom. The highest BCUT2D eigenvalue weighted by molar-refractivity contribution is 6.20. The molecule has 12 rings (SSSR count). The van der Waals surface area contributed by atoms with Crippen molar-refractivity contribution in [1.29, 1.82) is 0 Å². The fraction of sp³-hybridized carbons (Fsp3) is 0. The van der Waals surface area contributed by atoms with Gasteiger partial charge in [0.2, 0.25) is 0 Å². The van der Waals surface area contributed by atoms with Crippen LogP contribution in [0.25, 0.3) is 110 Å². The van der Waals surface area contributed by atoms with Crippen molar-refractivity contribution in [3.8, 4) is 44.9 Å². The Hall–Kier alpha value is -7.04. The number of hydrogen-bond donors (Lipinski definition) is 0. The predicted octanol–water partition coefficient (Wildman–Crippen LogP) is 12.3. The first-order valence-electron chi connectivity index (χ1n) is 17.7. The van der Waals surface area contributed by atoms with E-state index in [1.807, 2.05) is 12.4 Å². The Bertz CT molecular complexity index is 3290. The molecular formula is C48H28N4. The van der Waals surface area contributed by atoms with Crippen molar-refractivity contribution in [2.75, 3.05) is 0 Å². The van der Waals surface area contributed by atoms with Crippen LogP contribution in [0.2, 0.25) is 0 Å². The first-order valence-corrected chi connectivity index (χ1v) is 17.7. The molecule has 0 bridgehead atoms. The summed E-state index contributed by atoms with van der Waals surface area (Å²) in [5.74, 6) is 0.920. The van der Waals surface area contributed by atoms with Crippen molar-refractivity contribution in [1.82, 2.24) is 19.1 Å². The quantitative estimate of drug-likeness (QED) is 0.189. The van der Waals surface area contributed by atoms with Gasteiger partial charge in [0, 0.05) is 56.0 Å². The number of pyridine rings is 2. The average Bonchev–Trinajstić information content (AvgIpc) is 3.84. The van der Waals surface area contributed by atoms with E-state index in [-0.39, 0.29) is 0 Å². The van der Waals surface area contributed by atoms with E-state index in [1.165, 1.54) is 93.3 Å². The maximum absolute atomic E-state index is 5.38. The first-order chi connectivity index (χ1) is 25.8. The number of fused-ring (bicyclic) bond motifs is 11. The number of hydrogen-bond acceptors (Lipinski definition) is 2. The third-order valence-corrected chi connectivity index (χ3v) is 11.1. The van der Waals surface area contributed by atoms with Gasteiger partial charge in [-0.05, 0) is 93.9 Å². The van der Waals surface area contributed by atoms with Crippen molar-refractivity contribution >= 4 is 65.3 Å². The van der Waals surface area contributed by atoms with E-state index < -0.39 is 0 Å². The molecular weight excluding hydrogens is 633 g/mol. The summed E-state index contributed by atoms with van der Waals surface area (Å²) in [6.45, 7) is 0. The molecule has 0 saturated heterocycles. The lowest BCUT2D eigenvalue weighted by Gasteiger charge is -2.12. The van der Waals surface area contributed by atoms with Gasteiger partial charge in [0.25, 0.3) is 0 Å². The van der Waals surface area contributed by atoms with E-state index in [1.54, 1.807) is 0 Å². The second-order valence-corrected chi connectivity index (χ2v) is 13.8. The van der Waals surface area contributed by atoms with Gasteiger partial charge in [0.15, 0.2) is 0 Å². The standard InChI is InChI=1S/C48H28N4/c1-2-10-32(11-3-1)51-43-16-7-6-13-35(43)38-25-30(18-21-44(38)51)31-19-22-45-39(26-31)37-20-17-29-9-4-5-12-33(29)48(37)52(45)46-27-40-34-23-24-49-28-41(34)36-14-8-15-42(50-46)47(36)40/h1-28H. The Kier molecular flexibility index (Phi) is 5.47. The first kappa shape index (κ1) is 27.7. The van der Waals surface area contributed by atoms with E-state index in [9.17, 15) is 0 Å². The Balaban J connectivity index is 1.12. The van der Waals surface area contributed by atoms with Gasteiger partial charge in [-0.2, -0.15) is 0 Å². The Labute approximate surface area is 298 Å². The molecule has 0 radical (unpaired) electrons. The average molecular weight is 661 g/mol. The topological polar surface area (TPSA) is 35.6 Å². The molecule has 7 aromatic carbocycles. The summed E-state index contributed by atoms with van der Waals surface area (Å²) in [5, 5.41) is 8.55. The largest absolute Gasteiger partial charge is 0.309 e. The molecule has 0 atom stereocenters. The monoisotopic (exact) mass is 660 g/mol. The van der Waals surface area contributed by atoms with Gasteiger partial charge >= 0.3 is 0 Å². The second-order valence-electron chi connectivity index (χ2n) is 13.8. The molecule has 0 N–H and O–H groups in total. The highest BCUT2D eigenvalue weighted by Gasteiger charge is 2.25. The van der Waals surface area contributed by atoms with Crippen LogP contribution in [0.1, 0.15) is 0 Å². The van der Waals surface area contributed by atoms with Crippen LogP contribution < -0.4 is 0 Å². The maximum Gasteiger partial charge on any atom is 0.138 e. The van der Waals surface area contributed by atoms with Crippen LogP contribution in [0, 0.1) is 0 Å². The van der Waals surface area contributed by atoms with Gasteiger partial charge in [0.05, 0.1) is 27.6 Å². The lowest BCUT2D eigenvalue weighted by molar-refractivity contribution is 1.11. The molecule has 4 heterocycles. The zero-order valence-corrected chi connectivity index (χ0v) is 28.0. The molecule has 1 aliphatic carbocycles. The van der Waals surface area contributed by atoms with Crippen molar-refractivity contribution < 1.29 is 0 Å². The predicted molar refractivity (Wildman–Crippen MR) is 216 cm³/mol. The van der Waals surface area contributed by atoms with Gasteiger partial charge in [-0.1, -0.05) is 97.1 Å². The molecule has 0 fully saturated rings. The van der Waals surface area contributed by atoms with Gasteiger partial charge in [-0.3, -0.25) is 9.55 Å². The molecule has 240 valence electrons. The van der Waals surface area contributed by atoms with Crippen LogP contribution in [-0.4, -0.2) is 19.1 Å². The fourth-order valence-corrected chi connectivity index (χ4v) is 8.87. The number of aromatic nitrogens is 4. The molecule has 0 spiro atoms. The normalized spacial score (nSPS) is 12.2. The highest BCUT2D eigenvalue weighted by atomic mass is 15.1. The summed E-state index contributed by atoms with van der Waals surface area (Å²) in [7, 11) is 0. The lowest BCUT2D eigenvalue weighted by Crippen LogP contribution is -1.99. The molecule has 11 aromatic rings. The van der Waals surface area contributed by atoms with Crippen molar-refractivity contribution in [3.05, 3.63) is 170 Å². The van der Waals surface area contributed by atoms with Crippen molar-refractivity contribution in [2.24, 2.45) is 0 Å². The third kappa shape index (κ3) is 3.70. The summed E-state index contributed by atoms with van der Waals surface area (Å²) >= 11 is 0. The van der Waals surface area contributed by atoms with Gasteiger partial charge < -0.3 is 4.57 Å². The van der Waals surface area contributed by atoms with E-state index >= 15 is 0 Å². The minimum Gasteiger partial charge on any atom is -0.309 e. The molecule has 1 aliphatic rings. The minimum atomic E-state index is 0.920. The van der Waals surface area contributed by atoms with E-state index in [0.717, 1.165) is 16.9 Å². The zero-order valence-electron chi connectivity index (χ0n) is 28.0. The molecule has 0 amide bonds. The maximum atomic E-state index is 5.38. The highest BCUT2D eigenvalue weighted by Crippen LogP contribution is 2.48. The molecule has 0 saturated carbocycles. The SMILES string of the molecule is c1ccc(-n2c3ccccc3c3cc(-c4ccc5c(c4)c4ccc6ccccc6c4n5-c4cc5c6c(cccc6n4)-c4cnccc4-5)ccc32)cc1. The Morgan fingerprint density at radius 1 is 0.423 bits per heavy atom. The summed E-state index contributed by atoms with van der Waals surface area (Å²) in [4.78, 5) is 9.85. The van der Waals surface area contributed by atoms with Gasteiger partial charge in [-0.15, -0.1) is 0 Å². The van der Waals surface area contributed by atoms with Crippen LogP contribution in [-0.2, 0) is 0 Å². The summed E-state index contributed by atoms with van der Waals surface area (Å²) in [6.07, 6.45) is 3.87. The molecule has 0 aliphatic heterocycles. The van der Waals surface area contributed by atoms with Crippen LogP contribution in [0.5, 0.6) is 0 Å². The minimum absolute atomic E-state index is 0.920. The summed E-state index contributed by atoms with van der Waals surface area (Å²) < 4.78 is 4.76. The van der Waals surface area contributed by atoms with Crippen molar-refractivity contribution in [3.63, 3.8) is 0 Å². The van der Waals surface area contributed by atoms with Crippen LogP contribution >= 0.6 is 0 Å². The van der Waals surface area contributed by atoms with Gasteiger partial charge in [0.1, 0.15) is 5.82 Å². The van der Waals surface area contributed by atoms with Crippen LogP contribution in [0.15, 0.2) is 170 Å². The lowest BCUT2D eigenvalue weighted by atomic mass is 10.00. The van der Waals surface area contributed by atoms with E-state index in [0.29, 0.717) is 0 Å². The Morgan fingerprint density at radius 3 is 2.02 bits per heavy atom. The molecule has 0 unspecified atom stereocenters. The third-order valence-electron chi connectivity index (χ3n) is 11.1. The van der Waals surface area contributed by atoms with Crippen LogP contribution in [0.3, 0.4) is 0 Å². The summed E-state index contributed by atoms with van der Waals surface area (Å²) in [5.41, 5.74) is 14.1. The summed E-state index contributed by atoms with van der Waals surface area (Å²) in [6, 6.07) is 57.3. The molecule has 4 heteroatoms. The zero-order chi connectivity index (χ0) is 33.9.